The molecule has 2 aromatic heterocycles. The van der Waals surface area contributed by atoms with Crippen LogP contribution in [0.15, 0.2) is 41.7 Å². The molecule has 4 heterocycles. The molecule has 1 saturated heterocycles. The fraction of sp³-hybridized carbons (Fsp3) is 0.360. The number of hydrogen-bond donors (Lipinski definition) is 2. The van der Waals surface area contributed by atoms with Crippen LogP contribution in [0.1, 0.15) is 25.0 Å². The number of anilines is 4. The highest BCUT2D eigenvalue weighted by molar-refractivity contribution is 5.97. The Labute approximate surface area is 199 Å². The van der Waals surface area contributed by atoms with E-state index in [1.807, 2.05) is 13.0 Å². The van der Waals surface area contributed by atoms with Gasteiger partial charge in [0.1, 0.15) is 5.82 Å². The van der Waals surface area contributed by atoms with E-state index in [0.29, 0.717) is 12.6 Å². The van der Waals surface area contributed by atoms with Crippen LogP contribution in [-0.2, 0) is 11.3 Å². The topological polar surface area (TPSA) is 96.8 Å². The van der Waals surface area contributed by atoms with Gasteiger partial charge in [0.2, 0.25) is 0 Å². The summed E-state index contributed by atoms with van der Waals surface area (Å²) in [6, 6.07) is 8.77. The fourth-order valence-corrected chi connectivity index (χ4v) is 4.34. The summed E-state index contributed by atoms with van der Waals surface area (Å²) in [5.74, 6) is 1.64. The molecule has 1 aromatic carbocycles. The van der Waals surface area contributed by atoms with E-state index in [1.54, 1.807) is 19.5 Å². The first-order valence-corrected chi connectivity index (χ1v) is 11.4. The van der Waals surface area contributed by atoms with E-state index >= 15 is 0 Å². The first-order valence-electron chi connectivity index (χ1n) is 11.4. The Bertz CT molecular complexity index is 1230. The number of amidine groups is 1. The highest BCUT2D eigenvalue weighted by Crippen LogP contribution is 2.34. The number of fused-ring (bicyclic) bond motifs is 1. The van der Waals surface area contributed by atoms with Gasteiger partial charge in [-0.2, -0.15) is 0 Å². The van der Waals surface area contributed by atoms with Crippen LogP contribution < -0.4 is 20.3 Å². The molecular weight excluding hydrogens is 430 g/mol. The maximum Gasteiger partial charge on any atom is 0.316 e. The largest absolute Gasteiger partial charge is 0.467 e. The Morgan fingerprint density at radius 1 is 1.18 bits per heavy atom. The summed E-state index contributed by atoms with van der Waals surface area (Å²) in [6.07, 6.45) is 3.68. The summed E-state index contributed by atoms with van der Waals surface area (Å²) in [5.41, 5.74) is 7.00. The SMILES string of the molecule is COc1ncc(-c2cc3c(c(Nc4ccc(N5CCO[C@H](C)C5)c(C)c4)n2)CN=C(C)N3)cn1. The summed E-state index contributed by atoms with van der Waals surface area (Å²) in [5, 5.41) is 6.90. The van der Waals surface area contributed by atoms with Gasteiger partial charge in [0.25, 0.3) is 0 Å². The van der Waals surface area contributed by atoms with Gasteiger partial charge in [0.15, 0.2) is 0 Å². The summed E-state index contributed by atoms with van der Waals surface area (Å²) in [6.45, 7) is 9.34. The monoisotopic (exact) mass is 459 g/mol. The molecule has 1 fully saturated rings. The predicted octanol–water partition coefficient (Wildman–Crippen LogP) is 4.17. The van der Waals surface area contributed by atoms with Crippen molar-refractivity contribution in [2.24, 2.45) is 4.99 Å². The minimum Gasteiger partial charge on any atom is -0.467 e. The lowest BCUT2D eigenvalue weighted by Crippen LogP contribution is -2.41. The molecule has 0 radical (unpaired) electrons. The second-order valence-corrected chi connectivity index (χ2v) is 8.62. The zero-order valence-corrected chi connectivity index (χ0v) is 19.9. The zero-order valence-electron chi connectivity index (χ0n) is 19.9. The Hall–Kier alpha value is -3.72. The summed E-state index contributed by atoms with van der Waals surface area (Å²) in [7, 11) is 1.55. The maximum atomic E-state index is 5.70. The molecule has 0 aliphatic carbocycles. The summed E-state index contributed by atoms with van der Waals surface area (Å²) in [4.78, 5) is 20.3. The number of morpholine rings is 1. The van der Waals surface area contributed by atoms with Gasteiger partial charge in [0.05, 0.1) is 43.6 Å². The van der Waals surface area contributed by atoms with E-state index in [0.717, 1.165) is 59.5 Å². The Morgan fingerprint density at radius 3 is 2.74 bits per heavy atom. The smallest absolute Gasteiger partial charge is 0.316 e. The number of nitrogens with one attached hydrogen (secondary N) is 2. The first-order chi connectivity index (χ1) is 16.5. The Morgan fingerprint density at radius 2 is 2.00 bits per heavy atom. The van der Waals surface area contributed by atoms with Crippen molar-refractivity contribution in [2.75, 3.05) is 42.3 Å². The van der Waals surface area contributed by atoms with Gasteiger partial charge < -0.3 is 25.0 Å². The third-order valence-electron chi connectivity index (χ3n) is 6.06. The molecule has 2 aliphatic heterocycles. The lowest BCUT2D eigenvalue weighted by Gasteiger charge is -2.34. The van der Waals surface area contributed by atoms with E-state index in [4.69, 9.17) is 14.5 Å². The highest BCUT2D eigenvalue weighted by Gasteiger charge is 2.20. The molecule has 1 atom stereocenters. The number of aliphatic imine (C=N–C) groups is 1. The quantitative estimate of drug-likeness (QED) is 0.587. The van der Waals surface area contributed by atoms with Crippen molar-refractivity contribution in [3.05, 3.63) is 47.8 Å². The van der Waals surface area contributed by atoms with Crippen molar-refractivity contribution in [1.29, 1.82) is 0 Å². The van der Waals surface area contributed by atoms with E-state index in [1.165, 1.54) is 11.3 Å². The van der Waals surface area contributed by atoms with Crippen LogP contribution in [0.2, 0.25) is 0 Å². The Balaban J connectivity index is 1.47. The minimum absolute atomic E-state index is 0.239. The van der Waals surface area contributed by atoms with Gasteiger partial charge in [-0.25, -0.2) is 15.0 Å². The lowest BCUT2D eigenvalue weighted by atomic mass is 10.1. The number of benzene rings is 1. The maximum absolute atomic E-state index is 5.70. The second kappa shape index (κ2) is 9.26. The summed E-state index contributed by atoms with van der Waals surface area (Å²) >= 11 is 0. The predicted molar refractivity (Wildman–Crippen MR) is 134 cm³/mol. The number of hydrogen-bond acceptors (Lipinski definition) is 9. The number of aromatic nitrogens is 3. The van der Waals surface area contributed by atoms with E-state index < -0.39 is 0 Å². The number of aryl methyl sites for hydroxylation is 1. The van der Waals surface area contributed by atoms with Crippen LogP contribution in [0.4, 0.5) is 22.9 Å². The second-order valence-electron chi connectivity index (χ2n) is 8.62. The van der Waals surface area contributed by atoms with Crippen molar-refractivity contribution in [2.45, 2.75) is 33.4 Å². The first kappa shape index (κ1) is 22.1. The van der Waals surface area contributed by atoms with Crippen LogP contribution in [-0.4, -0.2) is 53.7 Å². The molecule has 0 saturated carbocycles. The van der Waals surface area contributed by atoms with Gasteiger partial charge in [-0.1, -0.05) is 0 Å². The minimum atomic E-state index is 0.239. The highest BCUT2D eigenvalue weighted by atomic mass is 16.5. The normalized spacial score (nSPS) is 17.5. The van der Waals surface area contributed by atoms with Crippen LogP contribution in [0, 0.1) is 6.92 Å². The van der Waals surface area contributed by atoms with E-state index in [9.17, 15) is 0 Å². The molecule has 0 spiro atoms. The molecular formula is C25H29N7O2. The average molecular weight is 460 g/mol. The third kappa shape index (κ3) is 4.51. The Kier molecular flexibility index (Phi) is 6.02. The van der Waals surface area contributed by atoms with Crippen LogP contribution in [0.3, 0.4) is 0 Å². The number of methoxy groups -OCH3 is 1. The summed E-state index contributed by atoms with van der Waals surface area (Å²) < 4.78 is 10.8. The van der Waals surface area contributed by atoms with E-state index in [-0.39, 0.29) is 6.10 Å². The van der Waals surface area contributed by atoms with Gasteiger partial charge in [-0.05, 0) is 50.6 Å². The molecule has 0 unspecified atom stereocenters. The number of pyridine rings is 1. The number of rotatable bonds is 5. The third-order valence-corrected chi connectivity index (χ3v) is 6.06. The van der Waals surface area contributed by atoms with Crippen molar-refractivity contribution < 1.29 is 9.47 Å². The molecule has 176 valence electrons. The standard InChI is InChI=1S/C25H29N7O2/c1-15-9-19(5-6-23(15)32-7-8-34-16(2)14-32)30-24-20-13-26-17(3)29-22(20)10-21(31-24)18-11-27-25(33-4)28-12-18/h5-6,9-12,16H,7-8,13-14H2,1-4H3,(H,26,29)(H,30,31)/t16-/m1/s1. The molecule has 5 rings (SSSR count). The van der Waals surface area contributed by atoms with Gasteiger partial charge in [0, 0.05) is 48.0 Å². The van der Waals surface area contributed by atoms with Gasteiger partial charge in [-0.3, -0.25) is 4.99 Å². The molecule has 0 bridgehead atoms. The van der Waals surface area contributed by atoms with Crippen molar-refractivity contribution in [3.8, 4) is 17.3 Å². The molecule has 3 aromatic rings. The zero-order chi connectivity index (χ0) is 23.7. The number of ether oxygens (including phenoxy) is 2. The van der Waals surface area contributed by atoms with Crippen LogP contribution in [0.5, 0.6) is 6.01 Å². The fourth-order valence-electron chi connectivity index (χ4n) is 4.34. The van der Waals surface area contributed by atoms with Crippen LogP contribution >= 0.6 is 0 Å². The van der Waals surface area contributed by atoms with Crippen molar-refractivity contribution >= 4 is 28.7 Å². The lowest BCUT2D eigenvalue weighted by molar-refractivity contribution is 0.0532. The number of nitrogens with zero attached hydrogens (tertiary/aromatic N) is 5. The van der Waals surface area contributed by atoms with E-state index in [2.05, 4.69) is 62.5 Å². The molecule has 34 heavy (non-hydrogen) atoms. The molecule has 9 heteroatoms. The molecule has 0 amide bonds. The van der Waals surface area contributed by atoms with Gasteiger partial charge >= 0.3 is 6.01 Å². The molecule has 9 nitrogen and oxygen atoms in total. The van der Waals surface area contributed by atoms with Gasteiger partial charge in [-0.15, -0.1) is 0 Å². The molecule has 2 aliphatic rings. The average Bonchev–Trinajstić information content (AvgIpc) is 2.84. The van der Waals surface area contributed by atoms with Crippen LogP contribution in [0.25, 0.3) is 11.3 Å². The van der Waals surface area contributed by atoms with Crippen molar-refractivity contribution in [1.82, 2.24) is 15.0 Å². The molecule has 2 N–H and O–H groups in total. The van der Waals surface area contributed by atoms with Crippen molar-refractivity contribution in [3.63, 3.8) is 0 Å².